The van der Waals surface area contributed by atoms with Crippen molar-refractivity contribution >= 4 is 17.3 Å². The van der Waals surface area contributed by atoms with Crippen molar-refractivity contribution in [1.29, 1.82) is 0 Å². The van der Waals surface area contributed by atoms with Crippen molar-refractivity contribution in [2.45, 2.75) is 6.54 Å². The number of anilines is 1. The minimum atomic E-state index is -0.446. The minimum Gasteiger partial charge on any atom is -0.489 e. The summed E-state index contributed by atoms with van der Waals surface area (Å²) < 4.78 is 19.3. The number of para-hydroxylation sites is 1. The summed E-state index contributed by atoms with van der Waals surface area (Å²) in [5, 5.41) is 3.12. The molecule has 0 aliphatic rings. The van der Waals surface area contributed by atoms with Gasteiger partial charge in [-0.05, 0) is 18.2 Å². The van der Waals surface area contributed by atoms with Gasteiger partial charge in [-0.25, -0.2) is 4.39 Å². The normalized spacial score (nSPS) is 10.1. The molecule has 104 valence electrons. The van der Waals surface area contributed by atoms with Gasteiger partial charge in [0.05, 0.1) is 10.7 Å². The number of halogens is 2. The fourth-order valence-electron chi connectivity index (χ4n) is 1.77. The van der Waals surface area contributed by atoms with Crippen molar-refractivity contribution in [1.82, 2.24) is 0 Å². The van der Waals surface area contributed by atoms with E-state index in [-0.39, 0.29) is 5.02 Å². The van der Waals surface area contributed by atoms with Crippen molar-refractivity contribution in [3.05, 3.63) is 71.5 Å². The zero-order valence-corrected chi connectivity index (χ0v) is 11.7. The number of nitrogens with one attached hydrogen (secondary N) is 1. The Hall–Kier alpha value is -2.00. The number of rotatable bonds is 6. The molecule has 2 aromatic rings. The van der Waals surface area contributed by atoms with Gasteiger partial charge in [-0.3, -0.25) is 0 Å². The van der Waals surface area contributed by atoms with Crippen LogP contribution < -0.4 is 10.1 Å². The zero-order valence-electron chi connectivity index (χ0n) is 10.9. The fourth-order valence-corrected chi connectivity index (χ4v) is 1.94. The molecule has 1 N–H and O–H groups in total. The van der Waals surface area contributed by atoms with Crippen LogP contribution in [0.2, 0.25) is 5.02 Å². The van der Waals surface area contributed by atoms with Crippen LogP contribution >= 0.6 is 11.6 Å². The fraction of sp³-hybridized carbons (Fsp3) is 0.125. The van der Waals surface area contributed by atoms with E-state index in [1.54, 1.807) is 18.2 Å². The molecular weight excluding hydrogens is 277 g/mol. The summed E-state index contributed by atoms with van der Waals surface area (Å²) in [5.74, 6) is 0.306. The minimum absolute atomic E-state index is 0.103. The maximum Gasteiger partial charge on any atom is 0.164 e. The van der Waals surface area contributed by atoms with Crippen LogP contribution in [-0.4, -0.2) is 6.61 Å². The molecular formula is C16H15ClFNO. The smallest absolute Gasteiger partial charge is 0.164 e. The molecule has 0 aliphatic carbocycles. The third kappa shape index (κ3) is 3.52. The Labute approximate surface area is 122 Å². The summed E-state index contributed by atoms with van der Waals surface area (Å²) in [7, 11) is 0. The molecule has 0 aromatic heterocycles. The highest BCUT2D eigenvalue weighted by Gasteiger charge is 2.07. The molecule has 2 rings (SSSR count). The topological polar surface area (TPSA) is 21.3 Å². The Bertz CT molecular complexity index is 601. The molecule has 0 fully saturated rings. The lowest BCUT2D eigenvalue weighted by Crippen LogP contribution is -2.04. The van der Waals surface area contributed by atoms with Crippen LogP contribution in [0.25, 0.3) is 0 Å². The van der Waals surface area contributed by atoms with Crippen LogP contribution in [0.3, 0.4) is 0 Å². The standard InChI is InChI=1S/C16H15ClFNO/c1-2-10-20-15-9-4-3-6-12(15)11-19-14-8-5-7-13(17)16(14)18/h2-9,19H,1,10-11H2. The van der Waals surface area contributed by atoms with E-state index in [4.69, 9.17) is 16.3 Å². The van der Waals surface area contributed by atoms with E-state index >= 15 is 0 Å². The van der Waals surface area contributed by atoms with E-state index in [2.05, 4.69) is 11.9 Å². The van der Waals surface area contributed by atoms with Gasteiger partial charge in [0.25, 0.3) is 0 Å². The average Bonchev–Trinajstić information content (AvgIpc) is 2.47. The Morgan fingerprint density at radius 3 is 2.80 bits per heavy atom. The predicted octanol–water partition coefficient (Wildman–Crippen LogP) is 4.66. The molecule has 0 heterocycles. The summed E-state index contributed by atoms with van der Waals surface area (Å²) >= 11 is 5.74. The molecule has 0 saturated heterocycles. The van der Waals surface area contributed by atoms with E-state index in [9.17, 15) is 4.39 Å². The van der Waals surface area contributed by atoms with E-state index in [0.29, 0.717) is 18.8 Å². The van der Waals surface area contributed by atoms with Gasteiger partial charge >= 0.3 is 0 Å². The molecule has 4 heteroatoms. The summed E-state index contributed by atoms with van der Waals surface area (Å²) in [6.45, 7) is 4.50. The Kier molecular flexibility index (Phi) is 5.02. The monoisotopic (exact) mass is 291 g/mol. The van der Waals surface area contributed by atoms with Gasteiger partial charge < -0.3 is 10.1 Å². The van der Waals surface area contributed by atoms with Crippen LogP contribution in [0.5, 0.6) is 5.75 Å². The third-order valence-electron chi connectivity index (χ3n) is 2.75. The molecule has 0 unspecified atom stereocenters. The average molecular weight is 292 g/mol. The Morgan fingerprint density at radius 1 is 1.20 bits per heavy atom. The first-order valence-electron chi connectivity index (χ1n) is 6.22. The highest BCUT2D eigenvalue weighted by atomic mass is 35.5. The van der Waals surface area contributed by atoms with Gasteiger partial charge in [0.1, 0.15) is 12.4 Å². The van der Waals surface area contributed by atoms with Gasteiger partial charge in [-0.2, -0.15) is 0 Å². The first-order valence-corrected chi connectivity index (χ1v) is 6.59. The summed E-state index contributed by atoms with van der Waals surface area (Å²) in [4.78, 5) is 0. The predicted molar refractivity (Wildman–Crippen MR) is 80.9 cm³/mol. The zero-order chi connectivity index (χ0) is 14.4. The van der Waals surface area contributed by atoms with Crippen molar-refractivity contribution in [3.8, 4) is 5.75 Å². The van der Waals surface area contributed by atoms with Crippen LogP contribution in [0, 0.1) is 5.82 Å². The van der Waals surface area contributed by atoms with Gasteiger partial charge in [-0.1, -0.05) is 48.5 Å². The van der Waals surface area contributed by atoms with Crippen LogP contribution in [0.15, 0.2) is 55.1 Å². The lowest BCUT2D eigenvalue weighted by atomic mass is 10.2. The SMILES string of the molecule is C=CCOc1ccccc1CNc1cccc(Cl)c1F. The summed E-state index contributed by atoms with van der Waals surface area (Å²) in [5.41, 5.74) is 1.31. The molecule has 0 bridgehead atoms. The molecule has 0 aliphatic heterocycles. The second-order valence-corrected chi connectivity index (χ2v) is 4.57. The lowest BCUT2D eigenvalue weighted by molar-refractivity contribution is 0.359. The maximum absolute atomic E-state index is 13.8. The van der Waals surface area contributed by atoms with Crippen LogP contribution in [0.1, 0.15) is 5.56 Å². The molecule has 2 nitrogen and oxygen atoms in total. The third-order valence-corrected chi connectivity index (χ3v) is 3.04. The molecule has 0 spiro atoms. The van der Waals surface area contributed by atoms with Crippen molar-refractivity contribution in [2.75, 3.05) is 11.9 Å². The molecule has 20 heavy (non-hydrogen) atoms. The lowest BCUT2D eigenvalue weighted by Gasteiger charge is -2.12. The van der Waals surface area contributed by atoms with Crippen LogP contribution in [0.4, 0.5) is 10.1 Å². The number of hydrogen-bond acceptors (Lipinski definition) is 2. The molecule has 0 atom stereocenters. The number of ether oxygens (including phenoxy) is 1. The van der Waals surface area contributed by atoms with Gasteiger partial charge in [-0.15, -0.1) is 0 Å². The number of hydrogen-bond donors (Lipinski definition) is 1. The molecule has 2 aromatic carbocycles. The van der Waals surface area contributed by atoms with Crippen molar-refractivity contribution in [2.24, 2.45) is 0 Å². The Morgan fingerprint density at radius 2 is 2.00 bits per heavy atom. The molecule has 0 saturated carbocycles. The van der Waals surface area contributed by atoms with E-state index in [0.717, 1.165) is 11.3 Å². The van der Waals surface area contributed by atoms with E-state index < -0.39 is 5.82 Å². The van der Waals surface area contributed by atoms with Crippen LogP contribution in [-0.2, 0) is 6.54 Å². The van der Waals surface area contributed by atoms with Gasteiger partial charge in [0, 0.05) is 12.1 Å². The van der Waals surface area contributed by atoms with E-state index in [1.165, 1.54) is 6.07 Å². The van der Waals surface area contributed by atoms with E-state index in [1.807, 2.05) is 24.3 Å². The van der Waals surface area contributed by atoms with Gasteiger partial charge in [0.2, 0.25) is 0 Å². The summed E-state index contributed by atoms with van der Waals surface area (Å²) in [6, 6.07) is 12.5. The van der Waals surface area contributed by atoms with Gasteiger partial charge in [0.15, 0.2) is 5.82 Å². The molecule has 0 amide bonds. The highest BCUT2D eigenvalue weighted by molar-refractivity contribution is 6.31. The van der Waals surface area contributed by atoms with Crippen molar-refractivity contribution < 1.29 is 9.13 Å². The summed E-state index contributed by atoms with van der Waals surface area (Å²) in [6.07, 6.45) is 1.68. The highest BCUT2D eigenvalue weighted by Crippen LogP contribution is 2.24. The molecule has 0 radical (unpaired) electrons. The largest absolute Gasteiger partial charge is 0.489 e. The Balaban J connectivity index is 2.10. The first-order chi connectivity index (χ1) is 9.72. The second-order valence-electron chi connectivity index (χ2n) is 4.16. The first kappa shape index (κ1) is 14.4. The second kappa shape index (κ2) is 6.96. The number of benzene rings is 2. The quantitative estimate of drug-likeness (QED) is 0.782. The maximum atomic E-state index is 13.8. The van der Waals surface area contributed by atoms with Crippen molar-refractivity contribution in [3.63, 3.8) is 0 Å².